The Morgan fingerprint density at radius 3 is 2.75 bits per heavy atom. The second-order valence-corrected chi connectivity index (χ2v) is 5.52. The number of hydrogen-bond donors (Lipinski definition) is 1. The van der Waals surface area contributed by atoms with E-state index in [0.717, 1.165) is 56.1 Å². The lowest BCUT2D eigenvalue weighted by Gasteiger charge is -2.23. The molecule has 1 heterocycles. The zero-order valence-electron chi connectivity index (χ0n) is 12.4. The van der Waals surface area contributed by atoms with Crippen molar-refractivity contribution >= 4 is 0 Å². The fraction of sp³-hybridized carbons (Fsp3) is 0.625. The van der Waals surface area contributed by atoms with Gasteiger partial charge in [-0.25, -0.2) is 0 Å². The molecule has 1 saturated heterocycles. The van der Waals surface area contributed by atoms with Crippen LogP contribution in [0.3, 0.4) is 0 Å². The number of nitrogens with two attached hydrogens (primary N) is 1. The Labute approximate surface area is 121 Å². The monoisotopic (exact) mass is 279 g/mol. The Hall–Kier alpha value is -1.26. The smallest absolute Gasteiger partial charge is 0.122 e. The maximum atomic E-state index is 6.01. The zero-order valence-corrected chi connectivity index (χ0v) is 12.4. The number of hydrogen-bond acceptors (Lipinski definition) is 4. The summed E-state index contributed by atoms with van der Waals surface area (Å²) in [6.07, 6.45) is 2.96. The van der Waals surface area contributed by atoms with E-state index in [2.05, 4.69) is 0 Å². The van der Waals surface area contributed by atoms with Crippen LogP contribution in [-0.4, -0.2) is 33.0 Å². The van der Waals surface area contributed by atoms with E-state index in [1.54, 1.807) is 7.11 Å². The molecule has 0 saturated carbocycles. The Bertz CT molecular complexity index is 414. The van der Waals surface area contributed by atoms with Crippen molar-refractivity contribution in [1.29, 1.82) is 0 Å². The summed E-state index contributed by atoms with van der Waals surface area (Å²) in [4.78, 5) is 0. The Balaban J connectivity index is 2.01. The molecule has 1 fully saturated rings. The van der Waals surface area contributed by atoms with Crippen LogP contribution >= 0.6 is 0 Å². The lowest BCUT2D eigenvalue weighted by molar-refractivity contribution is 0.0496. The third kappa shape index (κ3) is 4.39. The SMILES string of the molecule is COc1ccc(OCC2CCOCC2)c(CC(C)N)c1. The van der Waals surface area contributed by atoms with Crippen molar-refractivity contribution in [2.24, 2.45) is 11.7 Å². The van der Waals surface area contributed by atoms with Crippen molar-refractivity contribution in [3.8, 4) is 11.5 Å². The van der Waals surface area contributed by atoms with Crippen molar-refractivity contribution in [1.82, 2.24) is 0 Å². The molecule has 2 rings (SSSR count). The van der Waals surface area contributed by atoms with Crippen LogP contribution < -0.4 is 15.2 Å². The molecule has 4 nitrogen and oxygen atoms in total. The van der Waals surface area contributed by atoms with Gasteiger partial charge in [0.15, 0.2) is 0 Å². The summed E-state index contributed by atoms with van der Waals surface area (Å²) in [5.74, 6) is 2.36. The number of benzene rings is 1. The van der Waals surface area contributed by atoms with E-state index in [0.29, 0.717) is 5.92 Å². The minimum atomic E-state index is 0.104. The van der Waals surface area contributed by atoms with Crippen LogP contribution in [0.1, 0.15) is 25.3 Å². The number of ether oxygens (including phenoxy) is 3. The molecule has 0 bridgehead atoms. The van der Waals surface area contributed by atoms with E-state index in [1.807, 2.05) is 25.1 Å². The summed E-state index contributed by atoms with van der Waals surface area (Å²) in [6.45, 7) is 4.45. The van der Waals surface area contributed by atoms with Gasteiger partial charge in [0, 0.05) is 19.3 Å². The first kappa shape index (κ1) is 15.1. The van der Waals surface area contributed by atoms with Crippen LogP contribution in [-0.2, 0) is 11.2 Å². The standard InChI is InChI=1S/C16H25NO3/c1-12(17)9-14-10-15(18-2)3-4-16(14)20-11-13-5-7-19-8-6-13/h3-4,10,12-13H,5-9,11,17H2,1-2H3. The molecule has 112 valence electrons. The summed E-state index contributed by atoms with van der Waals surface area (Å²) >= 11 is 0. The van der Waals surface area contributed by atoms with E-state index in [9.17, 15) is 0 Å². The molecule has 0 aliphatic carbocycles. The van der Waals surface area contributed by atoms with Crippen LogP contribution in [0.15, 0.2) is 18.2 Å². The molecular weight excluding hydrogens is 254 g/mol. The van der Waals surface area contributed by atoms with Gasteiger partial charge in [0.05, 0.1) is 13.7 Å². The van der Waals surface area contributed by atoms with Crippen LogP contribution in [0, 0.1) is 5.92 Å². The first-order chi connectivity index (χ1) is 9.69. The molecule has 2 N–H and O–H groups in total. The molecule has 0 spiro atoms. The van der Waals surface area contributed by atoms with Crippen molar-refractivity contribution in [3.63, 3.8) is 0 Å². The predicted molar refractivity (Wildman–Crippen MR) is 79.4 cm³/mol. The molecule has 0 amide bonds. The molecular formula is C16H25NO3. The maximum absolute atomic E-state index is 6.01. The third-order valence-electron chi connectivity index (χ3n) is 3.62. The predicted octanol–water partition coefficient (Wildman–Crippen LogP) is 2.39. The molecule has 1 aliphatic rings. The molecule has 1 unspecified atom stereocenters. The number of rotatable bonds is 6. The second-order valence-electron chi connectivity index (χ2n) is 5.52. The van der Waals surface area contributed by atoms with E-state index < -0.39 is 0 Å². The van der Waals surface area contributed by atoms with Crippen molar-refractivity contribution in [2.45, 2.75) is 32.2 Å². The Morgan fingerprint density at radius 2 is 2.10 bits per heavy atom. The van der Waals surface area contributed by atoms with Gasteiger partial charge in [0.2, 0.25) is 0 Å². The average molecular weight is 279 g/mol. The van der Waals surface area contributed by atoms with Gasteiger partial charge in [-0.15, -0.1) is 0 Å². The molecule has 1 aliphatic heterocycles. The van der Waals surface area contributed by atoms with E-state index in [-0.39, 0.29) is 6.04 Å². The summed E-state index contributed by atoms with van der Waals surface area (Å²) in [7, 11) is 1.67. The number of methoxy groups -OCH3 is 1. The van der Waals surface area contributed by atoms with Gasteiger partial charge in [-0.1, -0.05) is 0 Å². The molecule has 0 radical (unpaired) electrons. The summed E-state index contributed by atoms with van der Waals surface area (Å²) in [6, 6.07) is 6.04. The summed E-state index contributed by atoms with van der Waals surface area (Å²) in [5.41, 5.74) is 7.03. The van der Waals surface area contributed by atoms with Gasteiger partial charge < -0.3 is 19.9 Å². The topological polar surface area (TPSA) is 53.7 Å². The van der Waals surface area contributed by atoms with Gasteiger partial charge in [-0.3, -0.25) is 0 Å². The van der Waals surface area contributed by atoms with Crippen molar-refractivity contribution in [3.05, 3.63) is 23.8 Å². The largest absolute Gasteiger partial charge is 0.497 e. The zero-order chi connectivity index (χ0) is 14.4. The van der Waals surface area contributed by atoms with E-state index in [4.69, 9.17) is 19.9 Å². The molecule has 1 atom stereocenters. The van der Waals surface area contributed by atoms with Crippen LogP contribution in [0.4, 0.5) is 0 Å². The van der Waals surface area contributed by atoms with Crippen molar-refractivity contribution in [2.75, 3.05) is 26.9 Å². The highest BCUT2D eigenvalue weighted by Gasteiger charge is 2.16. The Morgan fingerprint density at radius 1 is 1.35 bits per heavy atom. The Kier molecular flexibility index (Phi) is 5.68. The highest BCUT2D eigenvalue weighted by molar-refractivity contribution is 5.40. The fourth-order valence-corrected chi connectivity index (χ4v) is 2.45. The highest BCUT2D eigenvalue weighted by Crippen LogP contribution is 2.26. The normalized spacial score (nSPS) is 17.8. The van der Waals surface area contributed by atoms with E-state index in [1.165, 1.54) is 0 Å². The lowest BCUT2D eigenvalue weighted by Crippen LogP contribution is -2.22. The fourth-order valence-electron chi connectivity index (χ4n) is 2.45. The maximum Gasteiger partial charge on any atom is 0.122 e. The van der Waals surface area contributed by atoms with Gasteiger partial charge in [0.1, 0.15) is 11.5 Å². The highest BCUT2D eigenvalue weighted by atomic mass is 16.5. The molecule has 1 aromatic rings. The van der Waals surface area contributed by atoms with E-state index >= 15 is 0 Å². The second kappa shape index (κ2) is 7.50. The summed E-state index contributed by atoms with van der Waals surface area (Å²) < 4.78 is 16.7. The summed E-state index contributed by atoms with van der Waals surface area (Å²) in [5, 5.41) is 0. The average Bonchev–Trinajstić information content (AvgIpc) is 2.46. The van der Waals surface area contributed by atoms with Gasteiger partial charge in [-0.2, -0.15) is 0 Å². The van der Waals surface area contributed by atoms with Crippen LogP contribution in [0.25, 0.3) is 0 Å². The molecule has 4 heteroatoms. The van der Waals surface area contributed by atoms with Gasteiger partial charge >= 0.3 is 0 Å². The van der Waals surface area contributed by atoms with Crippen LogP contribution in [0.2, 0.25) is 0 Å². The minimum absolute atomic E-state index is 0.104. The molecule has 0 aromatic heterocycles. The molecule has 1 aromatic carbocycles. The minimum Gasteiger partial charge on any atom is -0.497 e. The first-order valence-corrected chi connectivity index (χ1v) is 7.32. The first-order valence-electron chi connectivity index (χ1n) is 7.32. The lowest BCUT2D eigenvalue weighted by atomic mass is 10.0. The van der Waals surface area contributed by atoms with Gasteiger partial charge in [-0.05, 0) is 55.9 Å². The van der Waals surface area contributed by atoms with Crippen LogP contribution in [0.5, 0.6) is 11.5 Å². The third-order valence-corrected chi connectivity index (χ3v) is 3.62. The van der Waals surface area contributed by atoms with Gasteiger partial charge in [0.25, 0.3) is 0 Å². The molecule has 20 heavy (non-hydrogen) atoms. The quantitative estimate of drug-likeness (QED) is 0.868. The van der Waals surface area contributed by atoms with Crippen molar-refractivity contribution < 1.29 is 14.2 Å².